The highest BCUT2D eigenvalue weighted by Crippen LogP contribution is 2.27. The van der Waals surface area contributed by atoms with Crippen LogP contribution in [0.1, 0.15) is 25.7 Å². The Labute approximate surface area is 81.1 Å². The molecule has 0 aromatic carbocycles. The van der Waals surface area contributed by atoms with E-state index in [-0.39, 0.29) is 25.3 Å². The number of amides is 1. The molecular weight excluding hydrogens is 192 g/mol. The predicted octanol–water partition coefficient (Wildman–Crippen LogP) is 1.22. The van der Waals surface area contributed by atoms with Gasteiger partial charge in [0, 0.05) is 25.8 Å². The molecule has 1 aliphatic heterocycles. The van der Waals surface area contributed by atoms with Crippen LogP contribution in [0.3, 0.4) is 0 Å². The van der Waals surface area contributed by atoms with Crippen molar-refractivity contribution in [2.45, 2.75) is 31.6 Å². The van der Waals surface area contributed by atoms with Gasteiger partial charge in [-0.05, 0) is 6.42 Å². The zero-order valence-electron chi connectivity index (χ0n) is 7.84. The fourth-order valence-corrected chi connectivity index (χ4v) is 1.46. The highest BCUT2D eigenvalue weighted by molar-refractivity contribution is 5.77. The van der Waals surface area contributed by atoms with Crippen molar-refractivity contribution in [1.82, 2.24) is 4.90 Å². The lowest BCUT2D eigenvalue weighted by Gasteiger charge is -2.32. The van der Waals surface area contributed by atoms with Crippen LogP contribution in [0.2, 0.25) is 0 Å². The normalized spacial score (nSPS) is 21.0. The topological polar surface area (TPSA) is 37.4 Å². The zero-order chi connectivity index (χ0) is 10.6. The van der Waals surface area contributed by atoms with E-state index in [1.165, 1.54) is 0 Å². The van der Waals surface area contributed by atoms with E-state index >= 15 is 0 Å². The van der Waals surface area contributed by atoms with Gasteiger partial charge in [0.05, 0.1) is 6.54 Å². The van der Waals surface area contributed by atoms with Crippen LogP contribution >= 0.6 is 0 Å². The summed E-state index contributed by atoms with van der Waals surface area (Å²) >= 11 is 0. The summed E-state index contributed by atoms with van der Waals surface area (Å²) < 4.78 is 25.7. The Balaban J connectivity index is 2.40. The van der Waals surface area contributed by atoms with Crippen molar-refractivity contribution >= 4 is 12.2 Å². The average molecular weight is 205 g/mol. The number of carbonyl (C=O) groups excluding carboxylic acids is 2. The van der Waals surface area contributed by atoms with Crippen molar-refractivity contribution in [3.63, 3.8) is 0 Å². The maximum atomic E-state index is 12.9. The molecule has 1 aliphatic rings. The van der Waals surface area contributed by atoms with Crippen LogP contribution in [0.25, 0.3) is 0 Å². The number of unbranched alkanes of at least 4 members (excludes halogenated alkanes) is 1. The van der Waals surface area contributed by atoms with E-state index in [0.29, 0.717) is 12.8 Å². The fraction of sp³-hybridized carbons (Fsp3) is 0.778. The molecule has 1 rings (SSSR count). The molecule has 0 aliphatic carbocycles. The number of halogens is 2. The summed E-state index contributed by atoms with van der Waals surface area (Å²) in [5, 5.41) is 0. The quantitative estimate of drug-likeness (QED) is 0.511. The van der Waals surface area contributed by atoms with Crippen LogP contribution < -0.4 is 0 Å². The third kappa shape index (κ3) is 3.05. The van der Waals surface area contributed by atoms with Gasteiger partial charge in [-0.15, -0.1) is 0 Å². The first kappa shape index (κ1) is 11.1. The molecule has 0 bridgehead atoms. The highest BCUT2D eigenvalue weighted by Gasteiger charge is 2.38. The molecule has 0 saturated carbocycles. The number of nitrogens with zero attached hydrogens (tertiary/aromatic N) is 1. The maximum Gasteiger partial charge on any atom is 0.265 e. The van der Waals surface area contributed by atoms with E-state index < -0.39 is 12.5 Å². The van der Waals surface area contributed by atoms with E-state index in [2.05, 4.69) is 0 Å². The molecule has 1 fully saturated rings. The van der Waals surface area contributed by atoms with E-state index in [4.69, 9.17) is 0 Å². The van der Waals surface area contributed by atoms with Gasteiger partial charge < -0.3 is 9.69 Å². The molecule has 0 aromatic rings. The Kier molecular flexibility index (Phi) is 3.55. The van der Waals surface area contributed by atoms with Gasteiger partial charge in [0.1, 0.15) is 6.29 Å². The third-order valence-electron chi connectivity index (χ3n) is 2.23. The third-order valence-corrected chi connectivity index (χ3v) is 2.23. The van der Waals surface area contributed by atoms with Gasteiger partial charge in [0.25, 0.3) is 5.92 Å². The van der Waals surface area contributed by atoms with Crippen molar-refractivity contribution < 1.29 is 18.4 Å². The monoisotopic (exact) mass is 205 g/mol. The summed E-state index contributed by atoms with van der Waals surface area (Å²) in [4.78, 5) is 22.3. The summed E-state index contributed by atoms with van der Waals surface area (Å²) in [7, 11) is 0. The zero-order valence-corrected chi connectivity index (χ0v) is 7.84. The Bertz CT molecular complexity index is 231. The Morgan fingerprint density at radius 1 is 1.50 bits per heavy atom. The molecule has 1 saturated heterocycles. The molecule has 1 heterocycles. The van der Waals surface area contributed by atoms with Crippen molar-refractivity contribution in [3.05, 3.63) is 0 Å². The smallest absolute Gasteiger partial charge is 0.265 e. The van der Waals surface area contributed by atoms with Crippen molar-refractivity contribution in [2.24, 2.45) is 0 Å². The summed E-state index contributed by atoms with van der Waals surface area (Å²) in [5.41, 5.74) is 0. The molecule has 0 unspecified atom stereocenters. The molecule has 80 valence electrons. The van der Waals surface area contributed by atoms with Crippen molar-refractivity contribution in [2.75, 3.05) is 13.1 Å². The lowest BCUT2D eigenvalue weighted by Crippen LogP contribution is -2.46. The largest absolute Gasteiger partial charge is 0.337 e. The molecule has 0 aromatic heterocycles. The Hall–Kier alpha value is -1.00. The average Bonchev–Trinajstić information content (AvgIpc) is 2.11. The molecule has 0 atom stereocenters. The molecule has 3 nitrogen and oxygen atoms in total. The van der Waals surface area contributed by atoms with E-state index in [1.807, 2.05) is 0 Å². The van der Waals surface area contributed by atoms with E-state index in [9.17, 15) is 18.4 Å². The van der Waals surface area contributed by atoms with Crippen LogP contribution in [0, 0.1) is 0 Å². The van der Waals surface area contributed by atoms with Gasteiger partial charge in [-0.25, -0.2) is 8.78 Å². The molecular formula is C9H13F2NO2. The molecule has 5 heteroatoms. The van der Waals surface area contributed by atoms with E-state index in [0.717, 1.165) is 11.2 Å². The minimum Gasteiger partial charge on any atom is -0.337 e. The second-order valence-electron chi connectivity index (χ2n) is 3.48. The second kappa shape index (κ2) is 4.48. The standard InChI is InChI=1S/C9H13F2NO2/c10-9(11)4-3-8(14)12(7-9)5-1-2-6-13/h6H,1-5,7H2. The molecule has 1 amide bonds. The van der Waals surface area contributed by atoms with Crippen LogP contribution in [0.5, 0.6) is 0 Å². The first-order chi connectivity index (χ1) is 6.55. The molecule has 0 radical (unpaired) electrons. The number of hydrogen-bond donors (Lipinski definition) is 0. The highest BCUT2D eigenvalue weighted by atomic mass is 19.3. The number of carbonyl (C=O) groups is 2. The van der Waals surface area contributed by atoms with Crippen LogP contribution in [0.4, 0.5) is 8.78 Å². The lowest BCUT2D eigenvalue weighted by molar-refractivity contribution is -0.147. The van der Waals surface area contributed by atoms with Crippen molar-refractivity contribution in [1.29, 1.82) is 0 Å². The summed E-state index contributed by atoms with van der Waals surface area (Å²) in [6.45, 7) is -0.238. The van der Waals surface area contributed by atoms with Gasteiger partial charge in [0.15, 0.2) is 0 Å². The minimum atomic E-state index is -2.75. The number of aldehydes is 1. The molecule has 14 heavy (non-hydrogen) atoms. The second-order valence-corrected chi connectivity index (χ2v) is 3.48. The Morgan fingerprint density at radius 2 is 2.21 bits per heavy atom. The van der Waals surface area contributed by atoms with Gasteiger partial charge in [-0.1, -0.05) is 0 Å². The first-order valence-electron chi connectivity index (χ1n) is 4.64. The first-order valence-corrected chi connectivity index (χ1v) is 4.64. The summed E-state index contributed by atoms with van der Waals surface area (Å²) in [6, 6.07) is 0. The number of hydrogen-bond acceptors (Lipinski definition) is 2. The fourth-order valence-electron chi connectivity index (χ4n) is 1.46. The summed E-state index contributed by atoms with van der Waals surface area (Å²) in [6.07, 6.45) is 1.07. The van der Waals surface area contributed by atoms with Gasteiger partial charge in [-0.2, -0.15) is 0 Å². The van der Waals surface area contributed by atoms with Crippen LogP contribution in [-0.2, 0) is 9.59 Å². The number of likely N-dealkylation sites (tertiary alicyclic amines) is 1. The van der Waals surface area contributed by atoms with E-state index in [1.54, 1.807) is 0 Å². The number of piperidine rings is 1. The molecule has 0 N–H and O–H groups in total. The number of rotatable bonds is 4. The number of alkyl halides is 2. The lowest BCUT2D eigenvalue weighted by atomic mass is 10.1. The SMILES string of the molecule is O=CCCCN1CC(F)(F)CCC1=O. The predicted molar refractivity (Wildman–Crippen MR) is 46.1 cm³/mol. The maximum absolute atomic E-state index is 12.9. The summed E-state index contributed by atoms with van der Waals surface area (Å²) in [5.74, 6) is -2.99. The minimum absolute atomic E-state index is 0.0892. The van der Waals surface area contributed by atoms with Gasteiger partial charge >= 0.3 is 0 Å². The van der Waals surface area contributed by atoms with Crippen LogP contribution in [0.15, 0.2) is 0 Å². The Morgan fingerprint density at radius 3 is 2.86 bits per heavy atom. The molecule has 0 spiro atoms. The van der Waals surface area contributed by atoms with Gasteiger partial charge in [0.2, 0.25) is 5.91 Å². The van der Waals surface area contributed by atoms with Crippen molar-refractivity contribution in [3.8, 4) is 0 Å². The van der Waals surface area contributed by atoms with Gasteiger partial charge in [-0.3, -0.25) is 4.79 Å². The van der Waals surface area contributed by atoms with Crippen LogP contribution in [-0.4, -0.2) is 36.1 Å².